The van der Waals surface area contributed by atoms with E-state index in [1.807, 2.05) is 30.0 Å². The van der Waals surface area contributed by atoms with Crippen LogP contribution in [-0.2, 0) is 4.79 Å². The maximum atomic E-state index is 12.6. The molecule has 8 heteroatoms. The predicted octanol–water partition coefficient (Wildman–Crippen LogP) is 1.32. The molecule has 2 heterocycles. The Morgan fingerprint density at radius 1 is 1.19 bits per heavy atom. The molecule has 26 heavy (non-hydrogen) atoms. The monoisotopic (exact) mass is 355 g/mol. The summed E-state index contributed by atoms with van der Waals surface area (Å²) in [6.07, 6.45) is 2.23. The first-order valence-electron chi connectivity index (χ1n) is 8.33. The molecule has 1 N–H and O–H groups in total. The van der Waals surface area contributed by atoms with Crippen molar-refractivity contribution in [1.82, 2.24) is 14.9 Å². The van der Waals surface area contributed by atoms with Crippen molar-refractivity contribution >= 4 is 23.8 Å². The molecule has 1 aromatic carbocycles. The van der Waals surface area contributed by atoms with E-state index in [4.69, 9.17) is 4.74 Å². The van der Waals surface area contributed by atoms with Gasteiger partial charge in [0.1, 0.15) is 23.6 Å². The van der Waals surface area contributed by atoms with Crippen molar-refractivity contribution in [1.29, 1.82) is 0 Å². The van der Waals surface area contributed by atoms with Crippen LogP contribution in [0.1, 0.15) is 16.1 Å². The summed E-state index contributed by atoms with van der Waals surface area (Å²) in [5.41, 5.74) is 1.88. The van der Waals surface area contributed by atoms with Crippen LogP contribution in [0.5, 0.6) is 5.75 Å². The molecule has 2 amide bonds. The highest BCUT2D eigenvalue weighted by Gasteiger charge is 2.19. The van der Waals surface area contributed by atoms with Crippen LogP contribution in [-0.4, -0.2) is 60.5 Å². The molecule has 2 aromatic rings. The number of aryl methyl sites for hydroxylation is 1. The van der Waals surface area contributed by atoms with Gasteiger partial charge in [-0.15, -0.1) is 0 Å². The van der Waals surface area contributed by atoms with E-state index < -0.39 is 0 Å². The van der Waals surface area contributed by atoms with Crippen LogP contribution in [0, 0.1) is 6.92 Å². The number of methoxy groups -OCH3 is 1. The molecule has 1 aliphatic rings. The molecule has 1 aliphatic heterocycles. The van der Waals surface area contributed by atoms with E-state index in [0.29, 0.717) is 43.4 Å². The summed E-state index contributed by atoms with van der Waals surface area (Å²) in [5.74, 6) is 0.930. The first-order valence-corrected chi connectivity index (χ1v) is 8.33. The second-order valence-corrected chi connectivity index (χ2v) is 6.05. The van der Waals surface area contributed by atoms with E-state index in [2.05, 4.69) is 15.3 Å². The molecule has 0 atom stereocenters. The third-order valence-corrected chi connectivity index (χ3v) is 4.28. The Kier molecular flexibility index (Phi) is 5.31. The number of hydrogen-bond donors (Lipinski definition) is 1. The summed E-state index contributed by atoms with van der Waals surface area (Å²) < 4.78 is 5.29. The van der Waals surface area contributed by atoms with Gasteiger partial charge in [-0.25, -0.2) is 9.97 Å². The third-order valence-electron chi connectivity index (χ3n) is 4.28. The van der Waals surface area contributed by atoms with Gasteiger partial charge in [0.05, 0.1) is 12.8 Å². The number of amides is 2. The molecule has 0 bridgehead atoms. The molecule has 1 saturated heterocycles. The molecule has 8 nitrogen and oxygen atoms in total. The fourth-order valence-electron chi connectivity index (χ4n) is 2.81. The molecular formula is C18H21N5O3. The van der Waals surface area contributed by atoms with E-state index in [9.17, 15) is 9.59 Å². The highest BCUT2D eigenvalue weighted by Crippen LogP contribution is 2.25. The number of carbonyl (C=O) groups excluding carboxylic acids is 2. The number of aromatic nitrogens is 2. The molecule has 136 valence electrons. The van der Waals surface area contributed by atoms with Crippen LogP contribution in [0.25, 0.3) is 0 Å². The largest absolute Gasteiger partial charge is 0.495 e. The number of rotatable bonds is 5. The SMILES string of the molecule is COc1ccc(C)cc1NC(=O)c1cc(N2CCN(C=O)CC2)ncn1. The van der Waals surface area contributed by atoms with Crippen LogP contribution >= 0.6 is 0 Å². The van der Waals surface area contributed by atoms with Crippen LogP contribution in [0.2, 0.25) is 0 Å². The molecule has 1 fully saturated rings. The van der Waals surface area contributed by atoms with Crippen molar-refractivity contribution < 1.29 is 14.3 Å². The number of piperazine rings is 1. The van der Waals surface area contributed by atoms with E-state index in [1.165, 1.54) is 6.33 Å². The van der Waals surface area contributed by atoms with Gasteiger partial charge in [0.15, 0.2) is 0 Å². The third kappa shape index (κ3) is 3.90. The summed E-state index contributed by atoms with van der Waals surface area (Å²) in [6.45, 7) is 4.55. The Hall–Kier alpha value is -3.16. The quantitative estimate of drug-likeness (QED) is 0.814. The maximum absolute atomic E-state index is 12.6. The van der Waals surface area contributed by atoms with E-state index in [-0.39, 0.29) is 11.6 Å². The summed E-state index contributed by atoms with van der Waals surface area (Å²) in [5, 5.41) is 2.84. The number of benzene rings is 1. The van der Waals surface area contributed by atoms with Crippen molar-refractivity contribution in [2.45, 2.75) is 6.92 Å². The van der Waals surface area contributed by atoms with Crippen molar-refractivity contribution in [2.24, 2.45) is 0 Å². The summed E-state index contributed by atoms with van der Waals surface area (Å²) in [6, 6.07) is 7.23. The van der Waals surface area contributed by atoms with Crippen LogP contribution in [0.3, 0.4) is 0 Å². The lowest BCUT2D eigenvalue weighted by Gasteiger charge is -2.33. The summed E-state index contributed by atoms with van der Waals surface area (Å²) in [4.78, 5) is 35.5. The molecule has 0 saturated carbocycles. The minimum atomic E-state index is -0.330. The second kappa shape index (κ2) is 7.81. The van der Waals surface area contributed by atoms with Gasteiger partial charge in [-0.2, -0.15) is 0 Å². The van der Waals surface area contributed by atoms with Gasteiger partial charge < -0.3 is 19.9 Å². The lowest BCUT2D eigenvalue weighted by molar-refractivity contribution is -0.118. The van der Waals surface area contributed by atoms with Crippen molar-refractivity contribution in [2.75, 3.05) is 43.5 Å². The van der Waals surface area contributed by atoms with Gasteiger partial charge >= 0.3 is 0 Å². The molecular weight excluding hydrogens is 334 g/mol. The molecule has 0 radical (unpaired) electrons. The average Bonchev–Trinajstić information content (AvgIpc) is 2.68. The van der Waals surface area contributed by atoms with Gasteiger partial charge in [0, 0.05) is 32.2 Å². The summed E-state index contributed by atoms with van der Waals surface area (Å²) in [7, 11) is 1.56. The predicted molar refractivity (Wildman–Crippen MR) is 97.6 cm³/mol. The standard InChI is InChI=1S/C18H21N5O3/c1-13-3-4-16(26-2)14(9-13)21-18(25)15-10-17(20-11-19-15)23-7-5-22(12-24)6-8-23/h3-4,9-12H,5-8H2,1-2H3,(H,21,25). The van der Waals surface area contributed by atoms with Gasteiger partial charge in [0.2, 0.25) is 6.41 Å². The average molecular weight is 355 g/mol. The van der Waals surface area contributed by atoms with Crippen LogP contribution in [0.4, 0.5) is 11.5 Å². The van der Waals surface area contributed by atoms with Crippen LogP contribution < -0.4 is 15.0 Å². The first kappa shape index (κ1) is 17.7. The lowest BCUT2D eigenvalue weighted by Crippen LogP contribution is -2.46. The lowest BCUT2D eigenvalue weighted by atomic mass is 10.2. The number of hydrogen-bond acceptors (Lipinski definition) is 6. The first-order chi connectivity index (χ1) is 12.6. The topological polar surface area (TPSA) is 87.7 Å². The van der Waals surface area contributed by atoms with Crippen molar-refractivity contribution in [3.8, 4) is 5.75 Å². The Balaban J connectivity index is 1.75. The fourth-order valence-corrected chi connectivity index (χ4v) is 2.81. The molecule has 0 spiro atoms. The van der Waals surface area contributed by atoms with E-state index in [1.54, 1.807) is 18.1 Å². The van der Waals surface area contributed by atoms with Crippen molar-refractivity contribution in [3.63, 3.8) is 0 Å². The Morgan fingerprint density at radius 2 is 1.96 bits per heavy atom. The van der Waals surface area contributed by atoms with Crippen LogP contribution in [0.15, 0.2) is 30.6 Å². The number of anilines is 2. The van der Waals surface area contributed by atoms with Crippen molar-refractivity contribution in [3.05, 3.63) is 41.9 Å². The molecule has 0 aliphatic carbocycles. The number of nitrogens with zero attached hydrogens (tertiary/aromatic N) is 4. The minimum Gasteiger partial charge on any atom is -0.495 e. The van der Waals surface area contributed by atoms with Gasteiger partial charge in [-0.05, 0) is 24.6 Å². The van der Waals surface area contributed by atoms with Gasteiger partial charge in [-0.1, -0.05) is 6.07 Å². The van der Waals surface area contributed by atoms with Gasteiger partial charge in [0.25, 0.3) is 5.91 Å². The zero-order chi connectivity index (χ0) is 18.5. The number of ether oxygens (including phenoxy) is 1. The minimum absolute atomic E-state index is 0.274. The Bertz CT molecular complexity index is 803. The second-order valence-electron chi connectivity index (χ2n) is 6.05. The number of nitrogens with one attached hydrogen (secondary N) is 1. The van der Waals surface area contributed by atoms with E-state index in [0.717, 1.165) is 12.0 Å². The van der Waals surface area contributed by atoms with Gasteiger partial charge in [-0.3, -0.25) is 9.59 Å². The molecule has 0 unspecified atom stereocenters. The number of carbonyl (C=O) groups is 2. The highest BCUT2D eigenvalue weighted by molar-refractivity contribution is 6.04. The Morgan fingerprint density at radius 3 is 2.65 bits per heavy atom. The zero-order valence-electron chi connectivity index (χ0n) is 14.8. The Labute approximate surface area is 151 Å². The van der Waals surface area contributed by atoms with E-state index >= 15 is 0 Å². The smallest absolute Gasteiger partial charge is 0.274 e. The highest BCUT2D eigenvalue weighted by atomic mass is 16.5. The molecule has 3 rings (SSSR count). The fraction of sp³-hybridized carbons (Fsp3) is 0.333. The normalized spacial score (nSPS) is 14.1. The maximum Gasteiger partial charge on any atom is 0.274 e. The zero-order valence-corrected chi connectivity index (χ0v) is 14.8. The molecule has 1 aromatic heterocycles. The summed E-state index contributed by atoms with van der Waals surface area (Å²) >= 11 is 0.